The van der Waals surface area contributed by atoms with Crippen LogP contribution in [0, 0.1) is 6.92 Å². The fraction of sp³-hybridized carbons (Fsp3) is 0.417. The number of ether oxygens (including phenoxy) is 3. The number of carbonyl (C=O) groups is 1. The Morgan fingerprint density at radius 2 is 2.00 bits per heavy atom. The van der Waals surface area contributed by atoms with Crippen LogP contribution in [0.1, 0.15) is 29.8 Å². The number of benzene rings is 1. The third-order valence-electron chi connectivity index (χ3n) is 2.54. The Bertz CT molecular complexity index is 543. The molecule has 0 saturated heterocycles. The number of alkyl halides is 2. The second-order valence-corrected chi connectivity index (χ2v) is 4.83. The molecular formula is C12H11ClF2O4. The lowest BCUT2D eigenvalue weighted by Gasteiger charge is -2.32. The highest BCUT2D eigenvalue weighted by Crippen LogP contribution is 2.41. The molecule has 0 amide bonds. The number of cyclic esters (lactones) is 1. The van der Waals surface area contributed by atoms with E-state index in [2.05, 4.69) is 4.74 Å². The molecule has 1 aliphatic rings. The summed E-state index contributed by atoms with van der Waals surface area (Å²) >= 11 is 5.89. The summed E-state index contributed by atoms with van der Waals surface area (Å²) in [6.07, 6.45) is 0. The van der Waals surface area contributed by atoms with Gasteiger partial charge in [0.05, 0.1) is 5.02 Å². The number of esters is 1. The van der Waals surface area contributed by atoms with E-state index in [-0.39, 0.29) is 27.6 Å². The molecule has 19 heavy (non-hydrogen) atoms. The topological polar surface area (TPSA) is 44.8 Å². The smallest absolute Gasteiger partial charge is 0.387 e. The lowest BCUT2D eigenvalue weighted by atomic mass is 10.1. The molecule has 0 aromatic heterocycles. The van der Waals surface area contributed by atoms with Gasteiger partial charge in [0.25, 0.3) is 0 Å². The highest BCUT2D eigenvalue weighted by atomic mass is 35.5. The quantitative estimate of drug-likeness (QED) is 0.782. The van der Waals surface area contributed by atoms with Gasteiger partial charge in [-0.3, -0.25) is 0 Å². The van der Waals surface area contributed by atoms with Crippen molar-refractivity contribution in [2.45, 2.75) is 33.2 Å². The maximum atomic E-state index is 12.3. The van der Waals surface area contributed by atoms with Crippen LogP contribution in [-0.2, 0) is 4.74 Å². The van der Waals surface area contributed by atoms with Crippen molar-refractivity contribution in [1.82, 2.24) is 0 Å². The van der Waals surface area contributed by atoms with E-state index in [0.29, 0.717) is 0 Å². The first-order valence-electron chi connectivity index (χ1n) is 5.41. The van der Waals surface area contributed by atoms with Crippen LogP contribution >= 0.6 is 11.6 Å². The van der Waals surface area contributed by atoms with Crippen molar-refractivity contribution < 1.29 is 27.8 Å². The lowest BCUT2D eigenvalue weighted by molar-refractivity contribution is -0.127. The molecular weight excluding hydrogens is 282 g/mol. The fourth-order valence-electron chi connectivity index (χ4n) is 1.81. The minimum absolute atomic E-state index is 0.0701. The third-order valence-corrected chi connectivity index (χ3v) is 3.01. The van der Waals surface area contributed by atoms with Crippen LogP contribution in [0.5, 0.6) is 11.5 Å². The summed E-state index contributed by atoms with van der Waals surface area (Å²) in [6, 6.07) is 1.17. The van der Waals surface area contributed by atoms with Crippen LogP contribution in [-0.4, -0.2) is 18.4 Å². The van der Waals surface area contributed by atoms with Crippen LogP contribution in [0.4, 0.5) is 8.78 Å². The number of fused-ring (bicyclic) bond motifs is 1. The molecule has 1 aromatic carbocycles. The summed E-state index contributed by atoms with van der Waals surface area (Å²) in [5.41, 5.74) is 0.390. The van der Waals surface area contributed by atoms with Crippen LogP contribution in [0.15, 0.2) is 6.07 Å². The minimum Gasteiger partial charge on any atom is -0.452 e. The summed E-state index contributed by atoms with van der Waals surface area (Å²) in [4.78, 5) is 11.9. The predicted molar refractivity (Wildman–Crippen MR) is 62.9 cm³/mol. The Labute approximate surface area is 113 Å². The molecule has 0 aliphatic carbocycles. The van der Waals surface area contributed by atoms with E-state index in [4.69, 9.17) is 21.1 Å². The second kappa shape index (κ2) is 4.52. The van der Waals surface area contributed by atoms with E-state index >= 15 is 0 Å². The number of hydrogen-bond donors (Lipinski definition) is 0. The predicted octanol–water partition coefficient (Wildman–Crippen LogP) is 3.54. The van der Waals surface area contributed by atoms with Crippen molar-refractivity contribution in [2.75, 3.05) is 0 Å². The SMILES string of the molecule is Cc1c(Cl)c(OC(F)F)cc2c1C(=O)OC(C)(C)O2. The first-order chi connectivity index (χ1) is 8.71. The van der Waals surface area contributed by atoms with Gasteiger partial charge in [-0.25, -0.2) is 4.79 Å². The summed E-state index contributed by atoms with van der Waals surface area (Å²) < 4.78 is 39.3. The zero-order valence-electron chi connectivity index (χ0n) is 10.4. The van der Waals surface area contributed by atoms with E-state index in [1.807, 2.05) is 0 Å². The van der Waals surface area contributed by atoms with Crippen LogP contribution in [0.3, 0.4) is 0 Å². The Morgan fingerprint density at radius 3 is 2.58 bits per heavy atom. The molecule has 0 radical (unpaired) electrons. The summed E-state index contributed by atoms with van der Waals surface area (Å²) in [5, 5.41) is -0.0701. The Balaban J connectivity index is 2.56. The van der Waals surface area contributed by atoms with Gasteiger partial charge in [-0.05, 0) is 12.5 Å². The fourth-order valence-corrected chi connectivity index (χ4v) is 2.00. The third kappa shape index (κ3) is 2.58. The van der Waals surface area contributed by atoms with Gasteiger partial charge in [0.2, 0.25) is 5.79 Å². The van der Waals surface area contributed by atoms with Gasteiger partial charge in [-0.1, -0.05) is 11.6 Å². The molecule has 4 nitrogen and oxygen atoms in total. The molecule has 0 spiro atoms. The van der Waals surface area contributed by atoms with Crippen molar-refractivity contribution in [3.63, 3.8) is 0 Å². The second-order valence-electron chi connectivity index (χ2n) is 4.46. The van der Waals surface area contributed by atoms with Gasteiger partial charge in [0.15, 0.2) is 0 Å². The van der Waals surface area contributed by atoms with Crippen molar-refractivity contribution in [1.29, 1.82) is 0 Å². The largest absolute Gasteiger partial charge is 0.452 e. The standard InChI is InChI=1S/C12H11ClF2O4/c1-5-8-6(18-12(2,3)19-10(8)16)4-7(9(5)13)17-11(14)15/h4,11H,1-3H3. The molecule has 0 N–H and O–H groups in total. The van der Waals surface area contributed by atoms with Gasteiger partial charge in [0, 0.05) is 19.9 Å². The van der Waals surface area contributed by atoms with Crippen molar-refractivity contribution >= 4 is 17.6 Å². The number of rotatable bonds is 2. The van der Waals surface area contributed by atoms with Crippen LogP contribution < -0.4 is 9.47 Å². The lowest BCUT2D eigenvalue weighted by Crippen LogP contribution is -2.39. The van der Waals surface area contributed by atoms with Crippen molar-refractivity contribution in [3.8, 4) is 11.5 Å². The minimum atomic E-state index is -3.02. The average Bonchev–Trinajstić information content (AvgIpc) is 2.22. The van der Waals surface area contributed by atoms with Gasteiger partial charge in [0.1, 0.15) is 17.1 Å². The summed E-state index contributed by atoms with van der Waals surface area (Å²) in [5.74, 6) is -1.92. The van der Waals surface area contributed by atoms with Gasteiger partial charge < -0.3 is 14.2 Å². The number of halogens is 3. The Hall–Kier alpha value is -1.56. The Morgan fingerprint density at radius 1 is 1.37 bits per heavy atom. The van der Waals surface area contributed by atoms with E-state index < -0.39 is 18.4 Å². The van der Waals surface area contributed by atoms with Gasteiger partial charge in [-0.2, -0.15) is 8.78 Å². The van der Waals surface area contributed by atoms with Gasteiger partial charge in [-0.15, -0.1) is 0 Å². The normalized spacial score (nSPS) is 16.7. The van der Waals surface area contributed by atoms with E-state index in [0.717, 1.165) is 0 Å². The molecule has 1 aliphatic heterocycles. The zero-order valence-corrected chi connectivity index (χ0v) is 11.2. The number of carbonyl (C=O) groups excluding carboxylic acids is 1. The average molecular weight is 293 g/mol. The molecule has 0 unspecified atom stereocenters. The van der Waals surface area contributed by atoms with E-state index in [1.54, 1.807) is 0 Å². The molecule has 104 valence electrons. The maximum absolute atomic E-state index is 12.3. The highest BCUT2D eigenvalue weighted by Gasteiger charge is 2.36. The van der Waals surface area contributed by atoms with E-state index in [9.17, 15) is 13.6 Å². The number of hydrogen-bond acceptors (Lipinski definition) is 4. The summed E-state index contributed by atoms with van der Waals surface area (Å²) in [6.45, 7) is 1.55. The van der Waals surface area contributed by atoms with Crippen LogP contribution in [0.2, 0.25) is 5.02 Å². The van der Waals surface area contributed by atoms with Gasteiger partial charge >= 0.3 is 12.6 Å². The van der Waals surface area contributed by atoms with E-state index in [1.165, 1.54) is 26.8 Å². The highest BCUT2D eigenvalue weighted by molar-refractivity contribution is 6.33. The molecule has 0 saturated carbocycles. The first kappa shape index (κ1) is 13.9. The molecule has 7 heteroatoms. The van der Waals surface area contributed by atoms with Crippen molar-refractivity contribution in [3.05, 3.63) is 22.2 Å². The Kier molecular flexibility index (Phi) is 3.30. The molecule has 0 atom stereocenters. The summed E-state index contributed by atoms with van der Waals surface area (Å²) in [7, 11) is 0. The molecule has 0 fully saturated rings. The molecule has 2 rings (SSSR count). The van der Waals surface area contributed by atoms with Crippen LogP contribution in [0.25, 0.3) is 0 Å². The monoisotopic (exact) mass is 292 g/mol. The molecule has 0 bridgehead atoms. The van der Waals surface area contributed by atoms with Crippen molar-refractivity contribution in [2.24, 2.45) is 0 Å². The molecule has 1 heterocycles. The maximum Gasteiger partial charge on any atom is 0.387 e. The molecule has 1 aromatic rings. The first-order valence-corrected chi connectivity index (χ1v) is 5.79. The zero-order chi connectivity index (χ0) is 14.4.